The van der Waals surface area contributed by atoms with Crippen molar-refractivity contribution in [2.45, 2.75) is 31.1 Å². The third-order valence-corrected chi connectivity index (χ3v) is 5.26. The highest BCUT2D eigenvalue weighted by Gasteiger charge is 2.48. The van der Waals surface area contributed by atoms with Gasteiger partial charge in [0.2, 0.25) is 5.91 Å². The second kappa shape index (κ2) is 6.42. The lowest BCUT2D eigenvalue weighted by atomic mass is 10.0. The fourth-order valence-corrected chi connectivity index (χ4v) is 3.92. The topological polar surface area (TPSA) is 102 Å². The SMILES string of the molecule is O=C1C[C@H](N2CCC3(CC2)OCCO3)C(=O)N1c1ccccc1[N+](=O)[O-]. The fourth-order valence-electron chi connectivity index (χ4n) is 3.92. The van der Waals surface area contributed by atoms with Crippen LogP contribution in [0.4, 0.5) is 11.4 Å². The highest BCUT2D eigenvalue weighted by molar-refractivity contribution is 6.23. The van der Waals surface area contributed by atoms with E-state index in [0.29, 0.717) is 39.1 Å². The van der Waals surface area contributed by atoms with Crippen molar-refractivity contribution in [3.05, 3.63) is 34.4 Å². The van der Waals surface area contributed by atoms with Gasteiger partial charge in [-0.1, -0.05) is 12.1 Å². The monoisotopic (exact) mass is 361 g/mol. The Bertz CT molecular complexity index is 751. The molecule has 0 N–H and O–H groups in total. The Labute approximate surface area is 149 Å². The summed E-state index contributed by atoms with van der Waals surface area (Å²) >= 11 is 0. The summed E-state index contributed by atoms with van der Waals surface area (Å²) in [4.78, 5) is 38.9. The lowest BCUT2D eigenvalue weighted by Gasteiger charge is -2.39. The first kappa shape index (κ1) is 17.1. The van der Waals surface area contributed by atoms with Crippen LogP contribution in [0, 0.1) is 10.1 Å². The molecule has 0 unspecified atom stereocenters. The van der Waals surface area contributed by atoms with Gasteiger partial charge in [0.25, 0.3) is 11.6 Å². The van der Waals surface area contributed by atoms with Crippen LogP contribution in [0.3, 0.4) is 0 Å². The zero-order valence-electron chi connectivity index (χ0n) is 14.1. The van der Waals surface area contributed by atoms with Crippen molar-refractivity contribution in [2.75, 3.05) is 31.2 Å². The van der Waals surface area contributed by atoms with Crippen LogP contribution in [0.5, 0.6) is 0 Å². The van der Waals surface area contributed by atoms with Crippen molar-refractivity contribution in [2.24, 2.45) is 0 Å². The van der Waals surface area contributed by atoms with Gasteiger partial charge in [0.05, 0.1) is 30.6 Å². The molecule has 9 heteroatoms. The first-order valence-corrected chi connectivity index (χ1v) is 8.63. The van der Waals surface area contributed by atoms with Crippen molar-refractivity contribution < 1.29 is 24.0 Å². The van der Waals surface area contributed by atoms with Crippen LogP contribution < -0.4 is 4.90 Å². The van der Waals surface area contributed by atoms with Crippen LogP contribution in [0.25, 0.3) is 0 Å². The molecule has 3 aliphatic rings. The predicted octanol–water partition coefficient (Wildman–Crippen LogP) is 1.07. The summed E-state index contributed by atoms with van der Waals surface area (Å²) in [7, 11) is 0. The molecular formula is C17H19N3O6. The van der Waals surface area contributed by atoms with Gasteiger partial charge in [0.1, 0.15) is 5.69 Å². The second-order valence-corrected chi connectivity index (χ2v) is 6.68. The van der Waals surface area contributed by atoms with Gasteiger partial charge >= 0.3 is 0 Å². The first-order valence-electron chi connectivity index (χ1n) is 8.63. The standard InChI is InChI=1S/C17H19N3O6/c21-15-11-14(18-7-5-17(6-8-18)25-9-10-26-17)16(22)19(15)12-3-1-2-4-13(12)20(23)24/h1-4,14H,5-11H2/t14-/m0/s1. The molecule has 0 aliphatic carbocycles. The number of imide groups is 1. The Hall–Kier alpha value is -2.36. The molecule has 4 rings (SSSR count). The number of para-hydroxylation sites is 2. The van der Waals surface area contributed by atoms with Crippen molar-refractivity contribution in [3.8, 4) is 0 Å². The molecule has 0 aromatic heterocycles. The van der Waals surface area contributed by atoms with Crippen LogP contribution in [0.1, 0.15) is 19.3 Å². The molecule has 1 aromatic rings. The van der Waals surface area contributed by atoms with E-state index >= 15 is 0 Å². The summed E-state index contributed by atoms with van der Waals surface area (Å²) in [5, 5.41) is 11.2. The number of anilines is 1. The van der Waals surface area contributed by atoms with Gasteiger partial charge in [-0.05, 0) is 6.07 Å². The Balaban J connectivity index is 1.52. The number of carbonyl (C=O) groups excluding carboxylic acids is 2. The molecule has 1 spiro atoms. The Morgan fingerprint density at radius 1 is 1.12 bits per heavy atom. The number of piperidine rings is 1. The molecule has 0 saturated carbocycles. The summed E-state index contributed by atoms with van der Waals surface area (Å²) in [6, 6.07) is 5.22. The summed E-state index contributed by atoms with van der Waals surface area (Å²) in [6.07, 6.45) is 1.30. The molecule has 3 aliphatic heterocycles. The van der Waals surface area contributed by atoms with E-state index in [1.807, 2.05) is 4.90 Å². The number of nitro benzene ring substituents is 1. The number of hydrogen-bond acceptors (Lipinski definition) is 7. The maximum atomic E-state index is 12.9. The third-order valence-electron chi connectivity index (χ3n) is 5.26. The van der Waals surface area contributed by atoms with Gasteiger partial charge in [0, 0.05) is 32.0 Å². The van der Waals surface area contributed by atoms with Crippen LogP contribution in [-0.2, 0) is 19.1 Å². The van der Waals surface area contributed by atoms with Crippen LogP contribution in [0.15, 0.2) is 24.3 Å². The fraction of sp³-hybridized carbons (Fsp3) is 0.529. The molecule has 2 amide bonds. The minimum absolute atomic E-state index is 0.0274. The number of carbonyl (C=O) groups is 2. The molecule has 3 heterocycles. The number of nitrogens with zero attached hydrogens (tertiary/aromatic N) is 3. The molecule has 26 heavy (non-hydrogen) atoms. The smallest absolute Gasteiger partial charge is 0.293 e. The van der Waals surface area contributed by atoms with E-state index in [2.05, 4.69) is 0 Å². The van der Waals surface area contributed by atoms with E-state index < -0.39 is 28.6 Å². The molecule has 138 valence electrons. The van der Waals surface area contributed by atoms with Crippen molar-refractivity contribution in [1.29, 1.82) is 0 Å². The quantitative estimate of drug-likeness (QED) is 0.451. The maximum Gasteiger partial charge on any atom is 0.293 e. The van der Waals surface area contributed by atoms with Crippen molar-refractivity contribution in [3.63, 3.8) is 0 Å². The van der Waals surface area contributed by atoms with Gasteiger partial charge in [0.15, 0.2) is 5.79 Å². The minimum atomic E-state index is -0.596. The number of benzene rings is 1. The zero-order chi connectivity index (χ0) is 18.3. The number of likely N-dealkylation sites (tertiary alicyclic amines) is 1. The molecule has 3 saturated heterocycles. The average Bonchev–Trinajstić information content (AvgIpc) is 3.20. The van der Waals surface area contributed by atoms with Gasteiger partial charge in [-0.25, -0.2) is 4.90 Å². The van der Waals surface area contributed by atoms with Gasteiger partial charge in [-0.2, -0.15) is 0 Å². The van der Waals surface area contributed by atoms with Crippen LogP contribution in [0.2, 0.25) is 0 Å². The Kier molecular flexibility index (Phi) is 4.22. The zero-order valence-corrected chi connectivity index (χ0v) is 14.1. The Morgan fingerprint density at radius 3 is 2.42 bits per heavy atom. The Morgan fingerprint density at radius 2 is 1.77 bits per heavy atom. The van der Waals surface area contributed by atoms with Crippen LogP contribution >= 0.6 is 0 Å². The molecule has 0 bridgehead atoms. The maximum absolute atomic E-state index is 12.9. The van der Waals surface area contributed by atoms with Crippen LogP contribution in [-0.4, -0.2) is 59.8 Å². The highest BCUT2D eigenvalue weighted by atomic mass is 16.7. The van der Waals surface area contributed by atoms with Gasteiger partial charge in [-0.15, -0.1) is 0 Å². The first-order chi connectivity index (χ1) is 12.5. The number of ether oxygens (including phenoxy) is 2. The van der Waals surface area contributed by atoms with E-state index in [9.17, 15) is 19.7 Å². The number of hydrogen-bond donors (Lipinski definition) is 0. The normalized spacial score (nSPS) is 26.0. The van der Waals surface area contributed by atoms with E-state index in [4.69, 9.17) is 9.47 Å². The van der Waals surface area contributed by atoms with Crippen molar-refractivity contribution in [1.82, 2.24) is 4.90 Å². The largest absolute Gasteiger partial charge is 0.347 e. The molecule has 1 aromatic carbocycles. The summed E-state index contributed by atoms with van der Waals surface area (Å²) < 4.78 is 11.4. The van der Waals surface area contributed by atoms with Gasteiger partial charge < -0.3 is 9.47 Å². The lowest BCUT2D eigenvalue weighted by Crippen LogP contribution is -2.51. The molecule has 9 nitrogen and oxygen atoms in total. The molecule has 0 radical (unpaired) electrons. The lowest BCUT2D eigenvalue weighted by molar-refractivity contribution is -0.384. The molecule has 3 fully saturated rings. The molecule has 1 atom stereocenters. The summed E-state index contributed by atoms with van der Waals surface area (Å²) in [6.45, 7) is 2.31. The summed E-state index contributed by atoms with van der Waals surface area (Å²) in [5.41, 5.74) is -0.217. The number of rotatable bonds is 3. The summed E-state index contributed by atoms with van der Waals surface area (Å²) in [5.74, 6) is -1.38. The third kappa shape index (κ3) is 2.77. The van der Waals surface area contributed by atoms with E-state index in [1.165, 1.54) is 18.2 Å². The highest BCUT2D eigenvalue weighted by Crippen LogP contribution is 2.36. The van der Waals surface area contributed by atoms with E-state index in [-0.39, 0.29) is 17.8 Å². The molecular weight excluding hydrogens is 342 g/mol. The minimum Gasteiger partial charge on any atom is -0.347 e. The second-order valence-electron chi connectivity index (χ2n) is 6.68. The van der Waals surface area contributed by atoms with Gasteiger partial charge in [-0.3, -0.25) is 24.6 Å². The average molecular weight is 361 g/mol. The van der Waals surface area contributed by atoms with E-state index in [1.54, 1.807) is 6.07 Å². The number of nitro groups is 1. The van der Waals surface area contributed by atoms with E-state index in [0.717, 1.165) is 4.90 Å². The number of amides is 2. The van der Waals surface area contributed by atoms with Crippen molar-refractivity contribution >= 4 is 23.2 Å². The predicted molar refractivity (Wildman–Crippen MR) is 89.4 cm³/mol.